The molecule has 1 aromatic heterocycles. The molecule has 1 amide bonds. The molecule has 1 N–H and O–H groups in total. The van der Waals surface area contributed by atoms with Crippen molar-refractivity contribution in [2.45, 2.75) is 6.54 Å². The number of carbonyl (C=O) groups excluding carboxylic acids is 1. The van der Waals surface area contributed by atoms with Gasteiger partial charge in [-0.3, -0.25) is 4.79 Å². The third-order valence-corrected chi connectivity index (χ3v) is 3.93. The molecular weight excluding hydrogens is 276 g/mol. The lowest BCUT2D eigenvalue weighted by atomic mass is 10.2. The second kappa shape index (κ2) is 5.46. The summed E-state index contributed by atoms with van der Waals surface area (Å²) in [7, 11) is 1.82. The van der Waals surface area contributed by atoms with Crippen molar-refractivity contribution in [1.29, 1.82) is 0 Å². The molecule has 1 aliphatic heterocycles. The summed E-state index contributed by atoms with van der Waals surface area (Å²) >= 11 is 1.29. The Hall–Kier alpha value is -2.15. The third-order valence-electron chi connectivity index (χ3n) is 3.15. The molecular formula is C13H14N4O2S. The Balaban J connectivity index is 1.86. The van der Waals surface area contributed by atoms with E-state index in [0.29, 0.717) is 31.0 Å². The quantitative estimate of drug-likeness (QED) is 0.930. The first-order chi connectivity index (χ1) is 9.79. The highest BCUT2D eigenvalue weighted by molar-refractivity contribution is 7.10. The van der Waals surface area contributed by atoms with Gasteiger partial charge in [0.1, 0.15) is 23.1 Å². The highest BCUT2D eigenvalue weighted by atomic mass is 32.1. The summed E-state index contributed by atoms with van der Waals surface area (Å²) in [5.74, 6) is 0.610. The van der Waals surface area contributed by atoms with Gasteiger partial charge in [-0.15, -0.1) is 5.10 Å². The van der Waals surface area contributed by atoms with Crippen LogP contribution in [0.4, 0.5) is 5.00 Å². The van der Waals surface area contributed by atoms with Crippen LogP contribution >= 0.6 is 11.5 Å². The standard InChI is InChI=1S/C13H14N4O2S/c1-14-12-10(15-16-20-12)8-17-6-7-19-11-5-3-2-4-9(11)13(17)18/h2-5,14H,6-8H2,1H3. The zero-order valence-corrected chi connectivity index (χ0v) is 11.8. The number of anilines is 1. The minimum Gasteiger partial charge on any atom is -0.491 e. The van der Waals surface area contributed by atoms with E-state index in [1.54, 1.807) is 11.0 Å². The van der Waals surface area contributed by atoms with Gasteiger partial charge in [-0.05, 0) is 12.1 Å². The molecule has 0 atom stereocenters. The van der Waals surface area contributed by atoms with E-state index in [-0.39, 0.29) is 5.91 Å². The van der Waals surface area contributed by atoms with Crippen LogP contribution in [0.5, 0.6) is 5.75 Å². The molecule has 0 saturated heterocycles. The maximum atomic E-state index is 12.5. The van der Waals surface area contributed by atoms with Crippen molar-refractivity contribution in [3.05, 3.63) is 35.5 Å². The van der Waals surface area contributed by atoms with Crippen LogP contribution in [-0.4, -0.2) is 40.6 Å². The monoisotopic (exact) mass is 290 g/mol. The number of para-hydroxylation sites is 1. The number of ether oxygens (including phenoxy) is 1. The van der Waals surface area contributed by atoms with Gasteiger partial charge in [0.25, 0.3) is 5.91 Å². The molecule has 104 valence electrons. The lowest BCUT2D eigenvalue weighted by Crippen LogP contribution is -2.32. The second-order valence-electron chi connectivity index (χ2n) is 4.37. The number of aromatic nitrogens is 2. The number of hydrogen-bond donors (Lipinski definition) is 1. The van der Waals surface area contributed by atoms with E-state index in [0.717, 1.165) is 10.7 Å². The molecule has 0 saturated carbocycles. The molecule has 0 unspecified atom stereocenters. The van der Waals surface area contributed by atoms with Crippen molar-refractivity contribution in [2.75, 3.05) is 25.5 Å². The Kier molecular flexibility index (Phi) is 3.51. The number of hydrogen-bond acceptors (Lipinski definition) is 6. The lowest BCUT2D eigenvalue weighted by Gasteiger charge is -2.18. The number of fused-ring (bicyclic) bond motifs is 1. The molecule has 2 aromatic rings. The van der Waals surface area contributed by atoms with Gasteiger partial charge in [-0.2, -0.15) is 0 Å². The SMILES string of the molecule is CNc1snnc1CN1CCOc2ccccc2C1=O. The van der Waals surface area contributed by atoms with Crippen LogP contribution in [0.15, 0.2) is 24.3 Å². The number of carbonyl (C=O) groups is 1. The van der Waals surface area contributed by atoms with Gasteiger partial charge in [0, 0.05) is 18.6 Å². The van der Waals surface area contributed by atoms with Gasteiger partial charge in [0.2, 0.25) is 0 Å². The van der Waals surface area contributed by atoms with Crippen molar-refractivity contribution in [2.24, 2.45) is 0 Å². The number of benzene rings is 1. The average molecular weight is 290 g/mol. The van der Waals surface area contributed by atoms with Gasteiger partial charge in [0.15, 0.2) is 0 Å². The minimum absolute atomic E-state index is 0.0341. The van der Waals surface area contributed by atoms with E-state index in [9.17, 15) is 4.79 Å². The molecule has 20 heavy (non-hydrogen) atoms. The minimum atomic E-state index is -0.0341. The van der Waals surface area contributed by atoms with E-state index in [1.165, 1.54) is 11.5 Å². The maximum Gasteiger partial charge on any atom is 0.258 e. The van der Waals surface area contributed by atoms with Crippen molar-refractivity contribution >= 4 is 22.4 Å². The molecule has 2 heterocycles. The number of nitrogens with one attached hydrogen (secondary N) is 1. The van der Waals surface area contributed by atoms with Crippen molar-refractivity contribution in [3.8, 4) is 5.75 Å². The zero-order chi connectivity index (χ0) is 13.9. The zero-order valence-electron chi connectivity index (χ0n) is 11.0. The predicted octanol–water partition coefficient (Wildman–Crippen LogP) is 1.61. The van der Waals surface area contributed by atoms with Gasteiger partial charge in [-0.1, -0.05) is 16.6 Å². The summed E-state index contributed by atoms with van der Waals surface area (Å²) in [5, 5.41) is 8.00. The van der Waals surface area contributed by atoms with Crippen molar-refractivity contribution in [1.82, 2.24) is 14.5 Å². The van der Waals surface area contributed by atoms with E-state index in [4.69, 9.17) is 4.74 Å². The Morgan fingerprint density at radius 1 is 1.45 bits per heavy atom. The molecule has 6 nitrogen and oxygen atoms in total. The molecule has 0 spiro atoms. The van der Waals surface area contributed by atoms with Crippen LogP contribution in [0.3, 0.4) is 0 Å². The molecule has 7 heteroatoms. The largest absolute Gasteiger partial charge is 0.491 e. The molecule has 0 bridgehead atoms. The van der Waals surface area contributed by atoms with Gasteiger partial charge < -0.3 is 15.0 Å². The van der Waals surface area contributed by atoms with E-state index in [1.807, 2.05) is 25.2 Å². The van der Waals surface area contributed by atoms with Crippen LogP contribution in [0.2, 0.25) is 0 Å². The molecule has 0 aliphatic carbocycles. The second-order valence-corrected chi connectivity index (χ2v) is 5.12. The van der Waals surface area contributed by atoms with Crippen LogP contribution in [0.1, 0.15) is 16.1 Å². The topological polar surface area (TPSA) is 67.3 Å². The fraction of sp³-hybridized carbons (Fsp3) is 0.308. The van der Waals surface area contributed by atoms with E-state index >= 15 is 0 Å². The fourth-order valence-corrected chi connectivity index (χ4v) is 2.66. The van der Waals surface area contributed by atoms with Crippen LogP contribution in [0, 0.1) is 0 Å². The lowest BCUT2D eigenvalue weighted by molar-refractivity contribution is 0.0741. The molecule has 3 rings (SSSR count). The van der Waals surface area contributed by atoms with Gasteiger partial charge >= 0.3 is 0 Å². The predicted molar refractivity (Wildman–Crippen MR) is 76.1 cm³/mol. The van der Waals surface area contributed by atoms with Gasteiger partial charge in [-0.25, -0.2) is 0 Å². The smallest absolute Gasteiger partial charge is 0.258 e. The highest BCUT2D eigenvalue weighted by Crippen LogP contribution is 2.25. The summed E-state index contributed by atoms with van der Waals surface area (Å²) in [5.41, 5.74) is 1.38. The van der Waals surface area contributed by atoms with Crippen molar-refractivity contribution in [3.63, 3.8) is 0 Å². The highest BCUT2D eigenvalue weighted by Gasteiger charge is 2.24. The molecule has 1 aliphatic rings. The summed E-state index contributed by atoms with van der Waals surface area (Å²) in [6.07, 6.45) is 0. The third kappa shape index (κ3) is 2.32. The maximum absolute atomic E-state index is 12.5. The van der Waals surface area contributed by atoms with Crippen LogP contribution in [-0.2, 0) is 6.54 Å². The number of amides is 1. The molecule has 0 fully saturated rings. The average Bonchev–Trinajstić information content (AvgIpc) is 2.86. The molecule has 1 aromatic carbocycles. The van der Waals surface area contributed by atoms with E-state index < -0.39 is 0 Å². The fourth-order valence-electron chi connectivity index (χ4n) is 2.14. The Morgan fingerprint density at radius 3 is 3.15 bits per heavy atom. The summed E-state index contributed by atoms with van der Waals surface area (Å²) in [6, 6.07) is 7.31. The van der Waals surface area contributed by atoms with Gasteiger partial charge in [0.05, 0.1) is 18.7 Å². The Bertz CT molecular complexity index is 628. The first-order valence-electron chi connectivity index (χ1n) is 6.29. The Morgan fingerprint density at radius 2 is 2.30 bits per heavy atom. The van der Waals surface area contributed by atoms with Crippen LogP contribution < -0.4 is 10.1 Å². The number of nitrogens with zero attached hydrogens (tertiary/aromatic N) is 3. The summed E-state index contributed by atoms with van der Waals surface area (Å²) in [4.78, 5) is 14.3. The first-order valence-corrected chi connectivity index (χ1v) is 7.07. The van der Waals surface area contributed by atoms with E-state index in [2.05, 4.69) is 14.9 Å². The van der Waals surface area contributed by atoms with Crippen LogP contribution in [0.25, 0.3) is 0 Å². The first kappa shape index (κ1) is 12.9. The number of rotatable bonds is 3. The summed E-state index contributed by atoms with van der Waals surface area (Å²) in [6.45, 7) is 1.45. The summed E-state index contributed by atoms with van der Waals surface area (Å²) < 4.78 is 9.52. The Labute approximate surface area is 120 Å². The van der Waals surface area contributed by atoms with Crippen molar-refractivity contribution < 1.29 is 9.53 Å². The normalized spacial score (nSPS) is 14.4. The molecule has 0 radical (unpaired) electrons.